The molecule has 0 spiro atoms. The molecule has 8 heavy (non-hydrogen) atoms. The molecule has 0 bridgehead atoms. The van der Waals surface area contributed by atoms with E-state index in [1.54, 1.807) is 0 Å². The summed E-state index contributed by atoms with van der Waals surface area (Å²) < 4.78 is 0. The molecule has 1 aliphatic rings. The van der Waals surface area contributed by atoms with Gasteiger partial charge in [-0.15, -0.1) is 0 Å². The van der Waals surface area contributed by atoms with E-state index in [1.807, 2.05) is 0 Å². The lowest BCUT2D eigenvalue weighted by Gasteiger charge is -1.94. The summed E-state index contributed by atoms with van der Waals surface area (Å²) in [4.78, 5) is 10.1. The van der Waals surface area contributed by atoms with Gasteiger partial charge in [0, 0.05) is 0 Å². The van der Waals surface area contributed by atoms with Crippen LogP contribution in [0.1, 0.15) is 13.3 Å². The number of hydrogen-bond donors (Lipinski definition) is 1. The van der Waals surface area contributed by atoms with E-state index in [2.05, 4.69) is 12.2 Å². The molecule has 1 fully saturated rings. The molecule has 0 aromatic rings. The lowest BCUT2D eigenvalue weighted by Crippen LogP contribution is -2.22. The van der Waals surface area contributed by atoms with Crippen molar-refractivity contribution in [2.75, 3.05) is 6.54 Å². The van der Waals surface area contributed by atoms with Crippen LogP contribution < -0.4 is 5.32 Å². The van der Waals surface area contributed by atoms with E-state index in [4.69, 9.17) is 0 Å². The Balaban J connectivity index is 2.32. The van der Waals surface area contributed by atoms with Gasteiger partial charge in [0.15, 0.2) is 0 Å². The van der Waals surface area contributed by atoms with Crippen LogP contribution in [0.4, 0.5) is 0 Å². The van der Waals surface area contributed by atoms with Crippen molar-refractivity contribution in [1.29, 1.82) is 0 Å². The van der Waals surface area contributed by atoms with Crippen LogP contribution in [0.15, 0.2) is 0 Å². The number of carbonyl (C=O) groups is 1. The van der Waals surface area contributed by atoms with Gasteiger partial charge in [-0.1, -0.05) is 6.92 Å². The molecule has 46 valence electrons. The number of aldehydes is 1. The van der Waals surface area contributed by atoms with E-state index in [9.17, 15) is 4.79 Å². The minimum Gasteiger partial charge on any atom is -0.307 e. The minimum absolute atomic E-state index is 0.144. The number of nitrogens with one attached hydrogen (secondary N) is 1. The van der Waals surface area contributed by atoms with Crippen molar-refractivity contribution in [3.05, 3.63) is 0 Å². The lowest BCUT2D eigenvalue weighted by molar-refractivity contribution is -0.109. The molecular formula is C6H11NO. The summed E-state index contributed by atoms with van der Waals surface area (Å²) in [5, 5.41) is 3.09. The van der Waals surface area contributed by atoms with E-state index in [-0.39, 0.29) is 6.04 Å². The zero-order valence-electron chi connectivity index (χ0n) is 5.05. The highest BCUT2D eigenvalue weighted by molar-refractivity contribution is 5.58. The summed E-state index contributed by atoms with van der Waals surface area (Å²) >= 11 is 0. The van der Waals surface area contributed by atoms with Crippen molar-refractivity contribution in [2.24, 2.45) is 5.92 Å². The van der Waals surface area contributed by atoms with Crippen LogP contribution in [0.5, 0.6) is 0 Å². The molecule has 1 N–H and O–H groups in total. The molecule has 2 nitrogen and oxygen atoms in total. The van der Waals surface area contributed by atoms with Gasteiger partial charge in [0.1, 0.15) is 6.29 Å². The highest BCUT2D eigenvalue weighted by Crippen LogP contribution is 2.09. The predicted molar refractivity (Wildman–Crippen MR) is 31.6 cm³/mol. The Kier molecular flexibility index (Phi) is 1.63. The van der Waals surface area contributed by atoms with Gasteiger partial charge in [0.2, 0.25) is 0 Å². The zero-order chi connectivity index (χ0) is 5.98. The largest absolute Gasteiger partial charge is 0.307 e. The average Bonchev–Trinajstić information content (AvgIpc) is 2.14. The summed E-state index contributed by atoms with van der Waals surface area (Å²) in [5.74, 6) is 0.685. The van der Waals surface area contributed by atoms with Gasteiger partial charge >= 0.3 is 0 Å². The Morgan fingerprint density at radius 3 is 2.75 bits per heavy atom. The molecule has 0 aromatic heterocycles. The molecule has 0 amide bonds. The monoisotopic (exact) mass is 113 g/mol. The standard InChI is InChI=1S/C6H11NO/c1-5-2-6(4-8)7-3-5/h4-7H,2-3H2,1H3/t5-,6+/m1/s1. The fourth-order valence-corrected chi connectivity index (χ4v) is 1.06. The molecule has 1 aliphatic heterocycles. The van der Waals surface area contributed by atoms with Gasteiger partial charge in [-0.3, -0.25) is 0 Å². The van der Waals surface area contributed by atoms with E-state index >= 15 is 0 Å². The van der Waals surface area contributed by atoms with Gasteiger partial charge < -0.3 is 10.1 Å². The van der Waals surface area contributed by atoms with E-state index < -0.39 is 0 Å². The normalized spacial score (nSPS) is 37.6. The van der Waals surface area contributed by atoms with Gasteiger partial charge in [-0.05, 0) is 18.9 Å². The molecule has 2 heteroatoms. The predicted octanol–water partition coefficient (Wildman–Crippen LogP) is 0.183. The molecular weight excluding hydrogens is 102 g/mol. The first-order valence-electron chi connectivity index (χ1n) is 3.01. The van der Waals surface area contributed by atoms with Gasteiger partial charge in [0.25, 0.3) is 0 Å². The summed E-state index contributed by atoms with van der Waals surface area (Å²) in [7, 11) is 0. The molecule has 1 saturated heterocycles. The van der Waals surface area contributed by atoms with Crippen LogP contribution in [0.2, 0.25) is 0 Å². The van der Waals surface area contributed by atoms with Gasteiger partial charge in [-0.25, -0.2) is 0 Å². The smallest absolute Gasteiger partial charge is 0.136 e. The van der Waals surface area contributed by atoms with Gasteiger partial charge in [0.05, 0.1) is 6.04 Å². The molecule has 1 rings (SSSR count). The number of carbonyl (C=O) groups excluding carboxylic acids is 1. The molecule has 0 radical (unpaired) electrons. The fourth-order valence-electron chi connectivity index (χ4n) is 1.06. The summed E-state index contributed by atoms with van der Waals surface area (Å²) in [6, 6.07) is 0.144. The van der Waals surface area contributed by atoms with Gasteiger partial charge in [-0.2, -0.15) is 0 Å². The van der Waals surface area contributed by atoms with Crippen molar-refractivity contribution in [3.8, 4) is 0 Å². The first-order chi connectivity index (χ1) is 3.83. The van der Waals surface area contributed by atoms with Crippen molar-refractivity contribution in [1.82, 2.24) is 5.32 Å². The topological polar surface area (TPSA) is 29.1 Å². The fraction of sp³-hybridized carbons (Fsp3) is 0.833. The molecule has 1 heterocycles. The van der Waals surface area contributed by atoms with Crippen molar-refractivity contribution >= 4 is 6.29 Å². The van der Waals surface area contributed by atoms with Crippen LogP contribution in [0.3, 0.4) is 0 Å². The molecule has 0 aromatic carbocycles. The third-order valence-corrected chi connectivity index (χ3v) is 1.55. The summed E-state index contributed by atoms with van der Waals surface area (Å²) in [6.07, 6.45) is 2.01. The SMILES string of the molecule is C[C@H]1CN[C@H](C=O)C1. The van der Waals surface area contributed by atoms with Crippen LogP contribution in [0, 0.1) is 5.92 Å². The Morgan fingerprint density at radius 1 is 1.75 bits per heavy atom. The zero-order valence-corrected chi connectivity index (χ0v) is 5.05. The first-order valence-corrected chi connectivity index (χ1v) is 3.01. The Labute approximate surface area is 49.3 Å². The van der Waals surface area contributed by atoms with Crippen molar-refractivity contribution < 1.29 is 4.79 Å². The van der Waals surface area contributed by atoms with E-state index in [0.717, 1.165) is 19.3 Å². The maximum Gasteiger partial charge on any atom is 0.136 e. The molecule has 0 saturated carbocycles. The van der Waals surface area contributed by atoms with Crippen LogP contribution in [-0.2, 0) is 4.79 Å². The summed E-state index contributed by atoms with van der Waals surface area (Å²) in [5.41, 5.74) is 0. The number of rotatable bonds is 1. The van der Waals surface area contributed by atoms with Crippen LogP contribution in [0.25, 0.3) is 0 Å². The maximum absolute atomic E-state index is 10.1. The van der Waals surface area contributed by atoms with E-state index in [1.165, 1.54) is 0 Å². The van der Waals surface area contributed by atoms with Crippen LogP contribution >= 0.6 is 0 Å². The maximum atomic E-state index is 10.1. The molecule has 0 unspecified atom stereocenters. The average molecular weight is 113 g/mol. The quantitative estimate of drug-likeness (QED) is 0.491. The molecule has 0 aliphatic carbocycles. The van der Waals surface area contributed by atoms with Crippen molar-refractivity contribution in [3.63, 3.8) is 0 Å². The second-order valence-electron chi connectivity index (χ2n) is 2.49. The van der Waals surface area contributed by atoms with E-state index in [0.29, 0.717) is 5.92 Å². The third kappa shape index (κ3) is 1.07. The van der Waals surface area contributed by atoms with Crippen molar-refractivity contribution in [2.45, 2.75) is 19.4 Å². The molecule has 2 atom stereocenters. The minimum atomic E-state index is 0.144. The third-order valence-electron chi connectivity index (χ3n) is 1.55. The summed E-state index contributed by atoms with van der Waals surface area (Å²) in [6.45, 7) is 3.15. The first kappa shape index (κ1) is 5.76. The highest BCUT2D eigenvalue weighted by Gasteiger charge is 2.18. The Bertz CT molecular complexity index is 92.5. The second-order valence-corrected chi connectivity index (χ2v) is 2.49. The highest BCUT2D eigenvalue weighted by atomic mass is 16.1. The Morgan fingerprint density at radius 2 is 2.50 bits per heavy atom. The Hall–Kier alpha value is -0.370. The number of hydrogen-bond acceptors (Lipinski definition) is 2. The second kappa shape index (κ2) is 2.27. The lowest BCUT2D eigenvalue weighted by atomic mass is 10.1. The van der Waals surface area contributed by atoms with Crippen LogP contribution in [-0.4, -0.2) is 18.9 Å².